The molecule has 0 heterocycles. The molecule has 1 saturated carbocycles. The third-order valence-corrected chi connectivity index (χ3v) is 4.22. The van der Waals surface area contributed by atoms with Crippen LogP contribution in [-0.2, 0) is 21.5 Å². The van der Waals surface area contributed by atoms with E-state index in [0.717, 1.165) is 18.4 Å². The van der Waals surface area contributed by atoms with Gasteiger partial charge in [-0.1, -0.05) is 37.6 Å². The molecule has 1 aromatic carbocycles. The first-order valence-corrected chi connectivity index (χ1v) is 7.64. The van der Waals surface area contributed by atoms with Crippen LogP contribution in [0.15, 0.2) is 24.3 Å². The molecule has 0 amide bonds. The first kappa shape index (κ1) is 15.8. The molecule has 2 rings (SSSR count). The topological polar surface area (TPSA) is 55.8 Å². The van der Waals surface area contributed by atoms with Crippen LogP contribution < -0.4 is 0 Å². The molecule has 0 aliphatic heterocycles. The zero-order valence-corrected chi connectivity index (χ0v) is 12.8. The molecule has 4 nitrogen and oxygen atoms in total. The quantitative estimate of drug-likeness (QED) is 0.862. The molecule has 1 fully saturated rings. The number of benzene rings is 1. The summed E-state index contributed by atoms with van der Waals surface area (Å²) in [6, 6.07) is 8.22. The molecule has 1 N–H and O–H groups in total. The van der Waals surface area contributed by atoms with E-state index in [-0.39, 0.29) is 6.10 Å². The third-order valence-electron chi connectivity index (χ3n) is 4.22. The fraction of sp³-hybridized carbons (Fsp3) is 0.588. The summed E-state index contributed by atoms with van der Waals surface area (Å²) >= 11 is 0. The zero-order chi connectivity index (χ0) is 15.3. The van der Waals surface area contributed by atoms with Gasteiger partial charge < -0.3 is 14.6 Å². The number of aliphatic hydroxyl groups is 1. The summed E-state index contributed by atoms with van der Waals surface area (Å²) in [5, 5.41) is 10.8. The standard InChI is InChI=1S/C17H24O4/c1-3-4-13-5-7-14(8-6-13)17(19)11-9-15(10-12-17)21-16(18)20-2/h5-8,15,19H,3-4,9-12H2,1-2H3. The van der Waals surface area contributed by atoms with Crippen molar-refractivity contribution in [3.05, 3.63) is 35.4 Å². The van der Waals surface area contributed by atoms with Gasteiger partial charge in [0.1, 0.15) is 6.10 Å². The zero-order valence-electron chi connectivity index (χ0n) is 12.8. The predicted octanol–water partition coefficient (Wildman–Crippen LogP) is 3.55. The van der Waals surface area contributed by atoms with Gasteiger partial charge in [-0.15, -0.1) is 0 Å². The molecule has 21 heavy (non-hydrogen) atoms. The summed E-state index contributed by atoms with van der Waals surface area (Å²) in [6.45, 7) is 2.16. The monoisotopic (exact) mass is 292 g/mol. The van der Waals surface area contributed by atoms with Crippen LogP contribution in [0.3, 0.4) is 0 Å². The van der Waals surface area contributed by atoms with Crippen molar-refractivity contribution < 1.29 is 19.4 Å². The first-order valence-electron chi connectivity index (χ1n) is 7.64. The van der Waals surface area contributed by atoms with Crippen LogP contribution in [0, 0.1) is 0 Å². The number of rotatable bonds is 4. The fourth-order valence-corrected chi connectivity index (χ4v) is 2.93. The van der Waals surface area contributed by atoms with E-state index in [1.807, 2.05) is 12.1 Å². The predicted molar refractivity (Wildman–Crippen MR) is 80.1 cm³/mol. The molecule has 0 spiro atoms. The second kappa shape index (κ2) is 6.94. The van der Waals surface area contributed by atoms with Crippen LogP contribution in [0.25, 0.3) is 0 Å². The summed E-state index contributed by atoms with van der Waals surface area (Å²) < 4.78 is 9.65. The minimum Gasteiger partial charge on any atom is -0.438 e. The molecule has 0 bridgehead atoms. The summed E-state index contributed by atoms with van der Waals surface area (Å²) in [4.78, 5) is 11.1. The van der Waals surface area contributed by atoms with E-state index < -0.39 is 11.8 Å². The van der Waals surface area contributed by atoms with Gasteiger partial charge in [0.05, 0.1) is 12.7 Å². The fourth-order valence-electron chi connectivity index (χ4n) is 2.93. The Bertz CT molecular complexity index is 458. The van der Waals surface area contributed by atoms with E-state index in [1.165, 1.54) is 12.7 Å². The summed E-state index contributed by atoms with van der Waals surface area (Å²) in [7, 11) is 1.30. The number of aryl methyl sites for hydroxylation is 1. The highest BCUT2D eigenvalue weighted by Gasteiger charge is 2.36. The average molecular weight is 292 g/mol. The van der Waals surface area contributed by atoms with Crippen molar-refractivity contribution in [2.24, 2.45) is 0 Å². The Balaban J connectivity index is 1.96. The molecule has 4 heteroatoms. The Morgan fingerprint density at radius 1 is 1.29 bits per heavy atom. The molecule has 1 aliphatic rings. The number of methoxy groups -OCH3 is 1. The molecule has 1 aromatic rings. The normalized spacial score (nSPS) is 25.4. The molecule has 0 aromatic heterocycles. The van der Waals surface area contributed by atoms with Crippen molar-refractivity contribution in [2.45, 2.75) is 57.2 Å². The average Bonchev–Trinajstić information content (AvgIpc) is 2.50. The van der Waals surface area contributed by atoms with Gasteiger partial charge in [-0.25, -0.2) is 4.79 Å². The molecule has 0 radical (unpaired) electrons. The lowest BCUT2D eigenvalue weighted by atomic mass is 9.78. The number of ether oxygens (including phenoxy) is 2. The SMILES string of the molecule is CCCc1ccc(C2(O)CCC(OC(=O)OC)CC2)cc1. The van der Waals surface area contributed by atoms with E-state index in [0.29, 0.717) is 25.7 Å². The summed E-state index contributed by atoms with van der Waals surface area (Å²) in [5.41, 5.74) is 1.45. The second-order valence-corrected chi connectivity index (χ2v) is 5.75. The molecule has 116 valence electrons. The van der Waals surface area contributed by atoms with Crippen molar-refractivity contribution in [2.75, 3.05) is 7.11 Å². The van der Waals surface area contributed by atoms with Crippen molar-refractivity contribution in [3.63, 3.8) is 0 Å². The Morgan fingerprint density at radius 2 is 1.90 bits per heavy atom. The number of carbonyl (C=O) groups excluding carboxylic acids is 1. The van der Waals surface area contributed by atoms with Crippen LogP contribution in [0.2, 0.25) is 0 Å². The smallest absolute Gasteiger partial charge is 0.438 e. The minimum atomic E-state index is -0.805. The van der Waals surface area contributed by atoms with Crippen LogP contribution >= 0.6 is 0 Å². The lowest BCUT2D eigenvalue weighted by molar-refractivity contribution is -0.0508. The van der Waals surface area contributed by atoms with Gasteiger partial charge in [-0.05, 0) is 43.2 Å². The van der Waals surface area contributed by atoms with Crippen molar-refractivity contribution in [1.29, 1.82) is 0 Å². The van der Waals surface area contributed by atoms with Gasteiger partial charge in [0.2, 0.25) is 0 Å². The highest BCUT2D eigenvalue weighted by Crippen LogP contribution is 2.38. The Hall–Kier alpha value is -1.55. The van der Waals surface area contributed by atoms with Gasteiger partial charge in [-0.3, -0.25) is 0 Å². The molecule has 0 unspecified atom stereocenters. The van der Waals surface area contributed by atoms with Gasteiger partial charge in [0.15, 0.2) is 0 Å². The molecule has 0 atom stereocenters. The molecule has 1 aliphatic carbocycles. The van der Waals surface area contributed by atoms with Crippen molar-refractivity contribution in [3.8, 4) is 0 Å². The first-order chi connectivity index (χ1) is 10.1. The van der Waals surface area contributed by atoms with Crippen LogP contribution in [-0.4, -0.2) is 24.5 Å². The van der Waals surface area contributed by atoms with Crippen LogP contribution in [0.5, 0.6) is 0 Å². The molecular weight excluding hydrogens is 268 g/mol. The van der Waals surface area contributed by atoms with Crippen molar-refractivity contribution in [1.82, 2.24) is 0 Å². The largest absolute Gasteiger partial charge is 0.508 e. The van der Waals surface area contributed by atoms with Gasteiger partial charge in [0, 0.05) is 0 Å². The van der Waals surface area contributed by atoms with Gasteiger partial charge >= 0.3 is 6.16 Å². The second-order valence-electron chi connectivity index (χ2n) is 5.75. The molecular formula is C17H24O4. The lowest BCUT2D eigenvalue weighted by Gasteiger charge is -2.36. The van der Waals surface area contributed by atoms with E-state index >= 15 is 0 Å². The van der Waals surface area contributed by atoms with Crippen LogP contribution in [0.4, 0.5) is 4.79 Å². The van der Waals surface area contributed by atoms with E-state index in [2.05, 4.69) is 23.8 Å². The van der Waals surface area contributed by atoms with E-state index in [4.69, 9.17) is 4.74 Å². The number of carbonyl (C=O) groups is 1. The van der Waals surface area contributed by atoms with Crippen molar-refractivity contribution >= 4 is 6.16 Å². The van der Waals surface area contributed by atoms with E-state index in [1.54, 1.807) is 0 Å². The lowest BCUT2D eigenvalue weighted by Crippen LogP contribution is -2.35. The maximum absolute atomic E-state index is 11.1. The van der Waals surface area contributed by atoms with Crippen LogP contribution in [0.1, 0.15) is 50.2 Å². The summed E-state index contributed by atoms with van der Waals surface area (Å²) in [6.07, 6.45) is 3.89. The highest BCUT2D eigenvalue weighted by atomic mass is 16.7. The Kier molecular flexibility index (Phi) is 5.23. The third kappa shape index (κ3) is 3.97. The Morgan fingerprint density at radius 3 is 2.43 bits per heavy atom. The number of hydrogen-bond acceptors (Lipinski definition) is 4. The minimum absolute atomic E-state index is 0.155. The van der Waals surface area contributed by atoms with E-state index in [9.17, 15) is 9.90 Å². The molecule has 0 saturated heterocycles. The maximum atomic E-state index is 11.1. The number of hydrogen-bond donors (Lipinski definition) is 1. The maximum Gasteiger partial charge on any atom is 0.508 e. The van der Waals surface area contributed by atoms with Gasteiger partial charge in [-0.2, -0.15) is 0 Å². The Labute approximate surface area is 126 Å². The highest BCUT2D eigenvalue weighted by molar-refractivity contribution is 5.59. The van der Waals surface area contributed by atoms with Gasteiger partial charge in [0.25, 0.3) is 0 Å². The summed E-state index contributed by atoms with van der Waals surface area (Å²) in [5.74, 6) is 0.